The zero-order valence-corrected chi connectivity index (χ0v) is 17.6. The van der Waals surface area contributed by atoms with Crippen LogP contribution in [0.5, 0.6) is 5.75 Å². The first-order chi connectivity index (χ1) is 15.2. The Bertz CT molecular complexity index is 1320. The molecule has 0 unspecified atom stereocenters. The van der Waals surface area contributed by atoms with Gasteiger partial charge in [-0.25, -0.2) is 9.50 Å². The van der Waals surface area contributed by atoms with Crippen molar-refractivity contribution in [3.05, 3.63) is 76.6 Å². The van der Waals surface area contributed by atoms with E-state index in [2.05, 4.69) is 15.4 Å². The van der Waals surface area contributed by atoms with Gasteiger partial charge in [0, 0.05) is 5.56 Å². The molecule has 4 rings (SSSR count). The molecule has 0 radical (unpaired) electrons. The molecule has 32 heavy (non-hydrogen) atoms. The molecule has 2 aromatic carbocycles. The maximum atomic E-state index is 13.8. The van der Waals surface area contributed by atoms with Crippen molar-refractivity contribution < 1.29 is 22.7 Å². The van der Waals surface area contributed by atoms with Crippen molar-refractivity contribution in [3.63, 3.8) is 0 Å². The SMILES string of the molecule is COc1ccccc1NC(=O)c1nn2c(C(F)(F)F)cc(-c3ccc(C)cc3)nc2c1Cl. The van der Waals surface area contributed by atoms with Gasteiger partial charge in [-0.3, -0.25) is 4.79 Å². The van der Waals surface area contributed by atoms with E-state index in [1.54, 1.807) is 48.5 Å². The van der Waals surface area contributed by atoms with E-state index in [9.17, 15) is 18.0 Å². The highest BCUT2D eigenvalue weighted by Crippen LogP contribution is 2.35. The minimum Gasteiger partial charge on any atom is -0.495 e. The number of halogens is 4. The number of amides is 1. The molecule has 0 fully saturated rings. The van der Waals surface area contributed by atoms with Crippen molar-refractivity contribution in [2.24, 2.45) is 0 Å². The molecule has 0 aliphatic heterocycles. The number of carbonyl (C=O) groups excluding carboxylic acids is 1. The van der Waals surface area contributed by atoms with Crippen molar-refractivity contribution in [1.29, 1.82) is 0 Å². The summed E-state index contributed by atoms with van der Waals surface area (Å²) in [7, 11) is 1.43. The molecule has 2 heterocycles. The van der Waals surface area contributed by atoms with E-state index in [4.69, 9.17) is 16.3 Å². The Hall–Kier alpha value is -3.59. The summed E-state index contributed by atoms with van der Waals surface area (Å²) in [5, 5.41) is 6.09. The normalized spacial score (nSPS) is 11.6. The second kappa shape index (κ2) is 8.16. The summed E-state index contributed by atoms with van der Waals surface area (Å²) in [6.45, 7) is 1.86. The van der Waals surface area contributed by atoms with E-state index < -0.39 is 23.5 Å². The highest BCUT2D eigenvalue weighted by Gasteiger charge is 2.36. The molecular formula is C22H16ClF3N4O2. The van der Waals surface area contributed by atoms with E-state index in [-0.39, 0.29) is 16.4 Å². The summed E-state index contributed by atoms with van der Waals surface area (Å²) >= 11 is 6.29. The summed E-state index contributed by atoms with van der Waals surface area (Å²) in [4.78, 5) is 17.0. The quantitative estimate of drug-likeness (QED) is 0.428. The lowest BCUT2D eigenvalue weighted by Crippen LogP contribution is -2.16. The van der Waals surface area contributed by atoms with Gasteiger partial charge < -0.3 is 10.1 Å². The maximum absolute atomic E-state index is 13.8. The molecule has 0 spiro atoms. The van der Waals surface area contributed by atoms with Crippen molar-refractivity contribution in [2.75, 3.05) is 12.4 Å². The molecule has 0 saturated carbocycles. The van der Waals surface area contributed by atoms with Crippen LogP contribution in [0.25, 0.3) is 16.9 Å². The van der Waals surface area contributed by atoms with E-state index in [1.165, 1.54) is 7.11 Å². The molecule has 0 aliphatic rings. The monoisotopic (exact) mass is 460 g/mol. The Morgan fingerprint density at radius 2 is 1.81 bits per heavy atom. The van der Waals surface area contributed by atoms with Crippen LogP contribution in [0.1, 0.15) is 21.7 Å². The first-order valence-corrected chi connectivity index (χ1v) is 9.74. The molecule has 1 N–H and O–H groups in total. The molecule has 6 nitrogen and oxygen atoms in total. The van der Waals surface area contributed by atoms with Gasteiger partial charge in [0.2, 0.25) is 0 Å². The minimum atomic E-state index is -4.76. The third-order valence-corrected chi connectivity index (χ3v) is 5.09. The van der Waals surface area contributed by atoms with E-state index in [0.29, 0.717) is 21.5 Å². The molecule has 1 amide bonds. The number of aromatic nitrogens is 3. The van der Waals surface area contributed by atoms with Crippen molar-refractivity contribution in [3.8, 4) is 17.0 Å². The summed E-state index contributed by atoms with van der Waals surface area (Å²) in [5.41, 5.74) is 0.0282. The molecule has 0 aliphatic carbocycles. The van der Waals surface area contributed by atoms with Crippen molar-refractivity contribution in [1.82, 2.24) is 14.6 Å². The first-order valence-electron chi connectivity index (χ1n) is 9.37. The Morgan fingerprint density at radius 1 is 1.12 bits per heavy atom. The van der Waals surface area contributed by atoms with Gasteiger partial charge in [-0.2, -0.15) is 18.3 Å². The Kier molecular flexibility index (Phi) is 5.52. The number of hydrogen-bond donors (Lipinski definition) is 1. The number of alkyl halides is 3. The molecule has 0 saturated heterocycles. The van der Waals surface area contributed by atoms with Crippen LogP contribution in [0.3, 0.4) is 0 Å². The lowest BCUT2D eigenvalue weighted by Gasteiger charge is -2.11. The van der Waals surface area contributed by atoms with Gasteiger partial charge >= 0.3 is 6.18 Å². The van der Waals surface area contributed by atoms with Crippen LogP contribution in [-0.2, 0) is 6.18 Å². The number of para-hydroxylation sites is 2. The van der Waals surface area contributed by atoms with Gasteiger partial charge in [-0.15, -0.1) is 0 Å². The summed E-state index contributed by atoms with van der Waals surface area (Å²) in [5.74, 6) is -0.425. The topological polar surface area (TPSA) is 68.5 Å². The average Bonchev–Trinajstić information content (AvgIpc) is 3.10. The number of rotatable bonds is 4. The van der Waals surface area contributed by atoms with Crippen LogP contribution >= 0.6 is 11.6 Å². The van der Waals surface area contributed by atoms with Gasteiger partial charge in [0.1, 0.15) is 10.8 Å². The predicted octanol–water partition coefficient (Wildman–Crippen LogP) is 5.64. The molecule has 164 valence electrons. The zero-order chi connectivity index (χ0) is 23.0. The van der Waals surface area contributed by atoms with Crippen LogP contribution in [0.15, 0.2) is 54.6 Å². The smallest absolute Gasteiger partial charge is 0.433 e. The summed E-state index contributed by atoms with van der Waals surface area (Å²) < 4.78 is 47.2. The number of benzene rings is 2. The van der Waals surface area contributed by atoms with Crippen LogP contribution in [-0.4, -0.2) is 27.6 Å². The van der Waals surface area contributed by atoms with Crippen LogP contribution in [0.2, 0.25) is 5.02 Å². The number of carbonyl (C=O) groups is 1. The third-order valence-electron chi connectivity index (χ3n) is 4.74. The number of hydrogen-bond acceptors (Lipinski definition) is 4. The molecule has 0 bridgehead atoms. The third kappa shape index (κ3) is 3.99. The van der Waals surface area contributed by atoms with Gasteiger partial charge in [-0.05, 0) is 25.1 Å². The lowest BCUT2D eigenvalue weighted by atomic mass is 10.1. The number of anilines is 1. The standard InChI is InChI=1S/C22H16ClF3N4O2/c1-12-7-9-13(10-8-12)15-11-17(22(24,25)26)30-20(27-15)18(23)19(29-30)21(31)28-14-5-3-4-6-16(14)32-2/h3-11H,1-2H3,(H,28,31). The largest absolute Gasteiger partial charge is 0.495 e. The maximum Gasteiger partial charge on any atom is 0.433 e. The second-order valence-corrected chi connectivity index (χ2v) is 7.32. The number of ether oxygens (including phenoxy) is 1. The van der Waals surface area contributed by atoms with Crippen molar-refractivity contribution >= 4 is 28.8 Å². The Balaban J connectivity index is 1.84. The minimum absolute atomic E-state index is 0.0586. The van der Waals surface area contributed by atoms with E-state index >= 15 is 0 Å². The van der Waals surface area contributed by atoms with Crippen molar-refractivity contribution in [2.45, 2.75) is 13.1 Å². The number of nitrogens with one attached hydrogen (secondary N) is 1. The number of aryl methyl sites for hydroxylation is 1. The number of fused-ring (bicyclic) bond motifs is 1. The lowest BCUT2D eigenvalue weighted by molar-refractivity contribution is -0.142. The second-order valence-electron chi connectivity index (χ2n) is 6.94. The fourth-order valence-electron chi connectivity index (χ4n) is 3.14. The molecule has 0 atom stereocenters. The predicted molar refractivity (Wildman–Crippen MR) is 114 cm³/mol. The van der Waals surface area contributed by atoms with Gasteiger partial charge in [-0.1, -0.05) is 53.6 Å². The molecule has 10 heteroatoms. The highest BCUT2D eigenvalue weighted by molar-refractivity contribution is 6.37. The van der Waals surface area contributed by atoms with Gasteiger partial charge in [0.15, 0.2) is 17.0 Å². The molecule has 4 aromatic rings. The average molecular weight is 461 g/mol. The molecular weight excluding hydrogens is 445 g/mol. The zero-order valence-electron chi connectivity index (χ0n) is 16.9. The first kappa shape index (κ1) is 21.6. The summed E-state index contributed by atoms with van der Waals surface area (Å²) in [6, 6.07) is 14.3. The van der Waals surface area contributed by atoms with E-state index in [1.807, 2.05) is 6.92 Å². The van der Waals surface area contributed by atoms with Crippen LogP contribution in [0.4, 0.5) is 18.9 Å². The highest BCUT2D eigenvalue weighted by atomic mass is 35.5. The Morgan fingerprint density at radius 3 is 2.47 bits per heavy atom. The van der Waals surface area contributed by atoms with Crippen LogP contribution in [0, 0.1) is 6.92 Å². The fraction of sp³-hybridized carbons (Fsp3) is 0.136. The number of nitrogens with zero attached hydrogens (tertiary/aromatic N) is 3. The van der Waals surface area contributed by atoms with Gasteiger partial charge in [0.25, 0.3) is 5.91 Å². The molecule has 2 aromatic heterocycles. The Labute approximate surface area is 185 Å². The van der Waals surface area contributed by atoms with E-state index in [0.717, 1.165) is 11.6 Å². The van der Waals surface area contributed by atoms with Crippen LogP contribution < -0.4 is 10.1 Å². The number of methoxy groups -OCH3 is 1. The summed E-state index contributed by atoms with van der Waals surface area (Å²) in [6.07, 6.45) is -4.76. The fourth-order valence-corrected chi connectivity index (χ4v) is 3.39. The van der Waals surface area contributed by atoms with Gasteiger partial charge in [0.05, 0.1) is 18.5 Å².